The van der Waals surface area contributed by atoms with Gasteiger partial charge in [-0.2, -0.15) is 0 Å². The van der Waals surface area contributed by atoms with Gasteiger partial charge in [0.1, 0.15) is 0 Å². The van der Waals surface area contributed by atoms with Gasteiger partial charge >= 0.3 is 0 Å². The molecular weight excluding hydrogens is 166 g/mol. The number of allylic oxidation sites excluding steroid dienone is 2. The summed E-state index contributed by atoms with van der Waals surface area (Å²) in [7, 11) is 1.74. The third-order valence-corrected chi connectivity index (χ3v) is 2.70. The number of rotatable bonds is 3. The lowest BCUT2D eigenvalue weighted by atomic mass is 9.86. The average molecular weight is 183 g/mol. The lowest BCUT2D eigenvalue weighted by Crippen LogP contribution is -2.22. The van der Waals surface area contributed by atoms with Gasteiger partial charge in [-0.05, 0) is 37.7 Å². The van der Waals surface area contributed by atoms with Crippen LogP contribution in [0.3, 0.4) is 0 Å². The van der Waals surface area contributed by atoms with Crippen LogP contribution >= 0.6 is 0 Å². The molecule has 0 aromatic rings. The Balaban J connectivity index is 2.52. The summed E-state index contributed by atoms with van der Waals surface area (Å²) in [5.41, 5.74) is 1.11. The van der Waals surface area contributed by atoms with Crippen molar-refractivity contribution in [2.75, 3.05) is 7.11 Å². The van der Waals surface area contributed by atoms with Crippen LogP contribution in [-0.4, -0.2) is 24.6 Å². The molecular formula is C10H17NO2. The van der Waals surface area contributed by atoms with Crippen molar-refractivity contribution in [1.29, 1.82) is 0 Å². The lowest BCUT2D eigenvalue weighted by molar-refractivity contribution is 0.0623. The van der Waals surface area contributed by atoms with E-state index in [1.807, 2.05) is 0 Å². The van der Waals surface area contributed by atoms with Gasteiger partial charge in [-0.15, -0.1) is 0 Å². The third-order valence-electron chi connectivity index (χ3n) is 2.70. The van der Waals surface area contributed by atoms with Crippen molar-refractivity contribution in [2.24, 2.45) is 11.1 Å². The predicted molar refractivity (Wildman–Crippen MR) is 52.2 cm³/mol. The summed E-state index contributed by atoms with van der Waals surface area (Å²) in [6, 6.07) is 0. The minimum Gasteiger partial charge on any atom is -0.411 e. The molecule has 0 saturated heterocycles. The molecule has 0 aromatic carbocycles. The van der Waals surface area contributed by atoms with Gasteiger partial charge in [0.15, 0.2) is 0 Å². The van der Waals surface area contributed by atoms with E-state index in [0.29, 0.717) is 5.92 Å². The van der Waals surface area contributed by atoms with E-state index in [9.17, 15) is 0 Å². The quantitative estimate of drug-likeness (QED) is 0.414. The van der Waals surface area contributed by atoms with E-state index in [-0.39, 0.29) is 6.10 Å². The summed E-state index contributed by atoms with van der Waals surface area (Å²) in [5.74, 6) is 0.558. The van der Waals surface area contributed by atoms with E-state index in [0.717, 1.165) is 24.8 Å². The largest absolute Gasteiger partial charge is 0.411 e. The molecule has 0 saturated carbocycles. The first-order valence-corrected chi connectivity index (χ1v) is 4.67. The minimum atomic E-state index is 0.288. The first-order valence-electron chi connectivity index (χ1n) is 4.67. The number of hydrogen-bond acceptors (Lipinski definition) is 3. The van der Waals surface area contributed by atoms with Gasteiger partial charge in [-0.3, -0.25) is 0 Å². The zero-order valence-electron chi connectivity index (χ0n) is 8.23. The first kappa shape index (κ1) is 10.3. The fraction of sp³-hybridized carbons (Fsp3) is 0.700. The molecule has 1 rings (SSSR count). The molecule has 0 heterocycles. The summed E-state index contributed by atoms with van der Waals surface area (Å²) in [5, 5.41) is 11.4. The molecule has 1 aliphatic carbocycles. The number of oxime groups is 1. The average Bonchev–Trinajstić information content (AvgIpc) is 2.18. The van der Waals surface area contributed by atoms with Crippen LogP contribution in [0.15, 0.2) is 16.8 Å². The van der Waals surface area contributed by atoms with Crippen molar-refractivity contribution in [2.45, 2.75) is 32.3 Å². The summed E-state index contributed by atoms with van der Waals surface area (Å²) in [6.45, 7) is 2.09. The SMILES string of the molecule is COC(C)C1CCC=C(/C=N/O)C1. The summed E-state index contributed by atoms with van der Waals surface area (Å²) < 4.78 is 5.28. The maximum absolute atomic E-state index is 8.40. The van der Waals surface area contributed by atoms with Crippen molar-refractivity contribution >= 4 is 6.21 Å². The molecule has 0 fully saturated rings. The van der Waals surface area contributed by atoms with Crippen LogP contribution < -0.4 is 0 Å². The molecule has 0 bridgehead atoms. The highest BCUT2D eigenvalue weighted by Gasteiger charge is 2.20. The molecule has 13 heavy (non-hydrogen) atoms. The highest BCUT2D eigenvalue weighted by molar-refractivity contribution is 5.78. The highest BCUT2D eigenvalue weighted by Crippen LogP contribution is 2.26. The van der Waals surface area contributed by atoms with Crippen LogP contribution in [-0.2, 0) is 4.74 Å². The molecule has 0 aromatic heterocycles. The molecule has 2 atom stereocenters. The van der Waals surface area contributed by atoms with Crippen LogP contribution in [0.1, 0.15) is 26.2 Å². The summed E-state index contributed by atoms with van der Waals surface area (Å²) in [4.78, 5) is 0. The predicted octanol–water partition coefficient (Wildman–Crippen LogP) is 2.21. The Kier molecular flexibility index (Phi) is 3.96. The number of hydrogen-bond donors (Lipinski definition) is 1. The van der Waals surface area contributed by atoms with Crippen molar-refractivity contribution in [3.63, 3.8) is 0 Å². The van der Waals surface area contributed by atoms with Gasteiger partial charge in [0.25, 0.3) is 0 Å². The van der Waals surface area contributed by atoms with Crippen molar-refractivity contribution in [3.05, 3.63) is 11.6 Å². The summed E-state index contributed by atoms with van der Waals surface area (Å²) in [6.07, 6.45) is 7.11. The Hall–Kier alpha value is -0.830. The number of methoxy groups -OCH3 is 1. The minimum absolute atomic E-state index is 0.288. The van der Waals surface area contributed by atoms with E-state index < -0.39 is 0 Å². The van der Waals surface area contributed by atoms with Gasteiger partial charge in [0.2, 0.25) is 0 Å². The Morgan fingerprint density at radius 3 is 3.15 bits per heavy atom. The van der Waals surface area contributed by atoms with Crippen LogP contribution in [0.2, 0.25) is 0 Å². The molecule has 0 spiro atoms. The zero-order chi connectivity index (χ0) is 9.68. The van der Waals surface area contributed by atoms with Crippen LogP contribution in [0.4, 0.5) is 0 Å². The lowest BCUT2D eigenvalue weighted by Gasteiger charge is -2.25. The van der Waals surface area contributed by atoms with E-state index in [4.69, 9.17) is 9.94 Å². The van der Waals surface area contributed by atoms with Gasteiger partial charge in [0, 0.05) is 7.11 Å². The fourth-order valence-electron chi connectivity index (χ4n) is 1.74. The second-order valence-electron chi connectivity index (χ2n) is 3.51. The van der Waals surface area contributed by atoms with E-state index in [2.05, 4.69) is 18.2 Å². The number of ether oxygens (including phenoxy) is 1. The zero-order valence-corrected chi connectivity index (χ0v) is 8.23. The molecule has 3 heteroatoms. The summed E-state index contributed by atoms with van der Waals surface area (Å²) >= 11 is 0. The van der Waals surface area contributed by atoms with Gasteiger partial charge in [-0.25, -0.2) is 0 Å². The Bertz CT molecular complexity index is 211. The van der Waals surface area contributed by atoms with Crippen molar-refractivity contribution in [1.82, 2.24) is 0 Å². The van der Waals surface area contributed by atoms with Crippen LogP contribution in [0.5, 0.6) is 0 Å². The van der Waals surface area contributed by atoms with Gasteiger partial charge in [-0.1, -0.05) is 11.2 Å². The molecule has 0 radical (unpaired) electrons. The second-order valence-corrected chi connectivity index (χ2v) is 3.51. The smallest absolute Gasteiger partial charge is 0.0690 e. The van der Waals surface area contributed by atoms with E-state index in [1.54, 1.807) is 7.11 Å². The van der Waals surface area contributed by atoms with E-state index >= 15 is 0 Å². The van der Waals surface area contributed by atoms with Crippen LogP contribution in [0, 0.1) is 5.92 Å². The molecule has 74 valence electrons. The number of nitrogens with zero attached hydrogens (tertiary/aromatic N) is 1. The second kappa shape index (κ2) is 5.02. The van der Waals surface area contributed by atoms with E-state index in [1.165, 1.54) is 6.21 Å². The maximum Gasteiger partial charge on any atom is 0.0690 e. The molecule has 1 N–H and O–H groups in total. The molecule has 0 amide bonds. The Morgan fingerprint density at radius 2 is 2.54 bits per heavy atom. The third kappa shape index (κ3) is 2.84. The fourth-order valence-corrected chi connectivity index (χ4v) is 1.74. The monoisotopic (exact) mass is 183 g/mol. The highest BCUT2D eigenvalue weighted by atomic mass is 16.5. The van der Waals surface area contributed by atoms with Crippen molar-refractivity contribution in [3.8, 4) is 0 Å². The van der Waals surface area contributed by atoms with Gasteiger partial charge < -0.3 is 9.94 Å². The maximum atomic E-state index is 8.40. The van der Waals surface area contributed by atoms with Crippen molar-refractivity contribution < 1.29 is 9.94 Å². The Morgan fingerprint density at radius 1 is 1.77 bits per heavy atom. The topological polar surface area (TPSA) is 41.8 Å². The molecule has 1 aliphatic rings. The van der Waals surface area contributed by atoms with Crippen LogP contribution in [0.25, 0.3) is 0 Å². The van der Waals surface area contributed by atoms with Gasteiger partial charge in [0.05, 0.1) is 12.3 Å². The normalized spacial score (nSPS) is 26.0. The Labute approximate surface area is 79.1 Å². The molecule has 0 aliphatic heterocycles. The molecule has 3 nitrogen and oxygen atoms in total. The standard InChI is InChI=1S/C10H17NO2/c1-8(13-2)10-5-3-4-9(6-10)7-11-12/h4,7-8,10,12H,3,5-6H2,1-2H3/b11-7+. The molecule has 2 unspecified atom stereocenters. The first-order chi connectivity index (χ1) is 6.27.